The summed E-state index contributed by atoms with van der Waals surface area (Å²) >= 11 is 0. The van der Waals surface area contributed by atoms with E-state index in [-0.39, 0.29) is 17.9 Å². The summed E-state index contributed by atoms with van der Waals surface area (Å²) in [6.45, 7) is 4.75. The second-order valence-electron chi connectivity index (χ2n) is 5.35. The van der Waals surface area contributed by atoms with Crippen molar-refractivity contribution in [3.8, 4) is 0 Å². The normalized spacial score (nSPS) is 17.6. The number of aryl methyl sites for hydroxylation is 1. The van der Waals surface area contributed by atoms with Crippen molar-refractivity contribution in [1.29, 1.82) is 0 Å². The Kier molecular flexibility index (Phi) is 6.13. The molecule has 1 atom stereocenters. The summed E-state index contributed by atoms with van der Waals surface area (Å²) in [7, 11) is 1.68. The van der Waals surface area contributed by atoms with Crippen molar-refractivity contribution < 1.29 is 14.3 Å². The minimum atomic E-state index is -0.148. The zero-order valence-electron chi connectivity index (χ0n) is 12.7. The summed E-state index contributed by atoms with van der Waals surface area (Å²) in [6, 6.07) is -0.148. The van der Waals surface area contributed by atoms with Gasteiger partial charge in [0.1, 0.15) is 6.33 Å². The van der Waals surface area contributed by atoms with Crippen LogP contribution in [-0.4, -0.2) is 47.6 Å². The third kappa shape index (κ3) is 4.50. The number of nitrogens with zero attached hydrogens (tertiary/aromatic N) is 3. The minimum Gasteiger partial charge on any atom is -0.385 e. The van der Waals surface area contributed by atoms with E-state index >= 15 is 0 Å². The molecule has 0 unspecified atom stereocenters. The van der Waals surface area contributed by atoms with E-state index in [9.17, 15) is 4.79 Å². The monoisotopic (exact) mass is 296 g/mol. The molecule has 21 heavy (non-hydrogen) atoms. The Labute approximate surface area is 125 Å². The van der Waals surface area contributed by atoms with Crippen molar-refractivity contribution in [2.45, 2.75) is 38.8 Å². The van der Waals surface area contributed by atoms with Gasteiger partial charge in [-0.3, -0.25) is 4.79 Å². The van der Waals surface area contributed by atoms with Crippen LogP contribution in [0.2, 0.25) is 0 Å². The molecule has 1 aliphatic rings. The van der Waals surface area contributed by atoms with Gasteiger partial charge in [0.25, 0.3) is 0 Å². The number of rotatable bonds is 7. The van der Waals surface area contributed by atoms with Gasteiger partial charge >= 0.3 is 0 Å². The highest BCUT2D eigenvalue weighted by molar-refractivity contribution is 5.79. The van der Waals surface area contributed by atoms with E-state index in [0.29, 0.717) is 19.8 Å². The Morgan fingerprint density at radius 2 is 2.33 bits per heavy atom. The number of carbonyl (C=O) groups is 1. The van der Waals surface area contributed by atoms with Crippen LogP contribution in [0.1, 0.15) is 38.1 Å². The Balaban J connectivity index is 1.88. The van der Waals surface area contributed by atoms with Gasteiger partial charge in [-0.05, 0) is 26.2 Å². The molecule has 2 rings (SSSR count). The van der Waals surface area contributed by atoms with E-state index in [2.05, 4.69) is 15.5 Å². The van der Waals surface area contributed by atoms with E-state index in [1.165, 1.54) is 0 Å². The molecule has 1 aliphatic heterocycles. The Hall–Kier alpha value is -1.47. The smallest absolute Gasteiger partial charge is 0.223 e. The number of ether oxygens (including phenoxy) is 2. The molecule has 0 spiro atoms. The van der Waals surface area contributed by atoms with Crippen LogP contribution in [0.15, 0.2) is 6.33 Å². The molecular formula is C14H24N4O3. The largest absolute Gasteiger partial charge is 0.385 e. The number of aromatic nitrogens is 3. The van der Waals surface area contributed by atoms with Gasteiger partial charge in [-0.1, -0.05) is 0 Å². The molecule has 1 amide bonds. The molecule has 118 valence electrons. The molecule has 1 aromatic heterocycles. The molecule has 0 radical (unpaired) electrons. The van der Waals surface area contributed by atoms with Crippen LogP contribution >= 0.6 is 0 Å². The Bertz CT molecular complexity index is 443. The number of hydrogen-bond donors (Lipinski definition) is 1. The van der Waals surface area contributed by atoms with Crippen molar-refractivity contribution in [1.82, 2.24) is 20.1 Å². The predicted molar refractivity (Wildman–Crippen MR) is 76.6 cm³/mol. The van der Waals surface area contributed by atoms with Gasteiger partial charge in [-0.2, -0.15) is 0 Å². The zero-order valence-corrected chi connectivity index (χ0v) is 12.7. The van der Waals surface area contributed by atoms with Gasteiger partial charge in [-0.25, -0.2) is 0 Å². The van der Waals surface area contributed by atoms with Crippen molar-refractivity contribution in [3.05, 3.63) is 12.2 Å². The molecule has 2 heterocycles. The van der Waals surface area contributed by atoms with Gasteiger partial charge in [0, 0.05) is 39.4 Å². The van der Waals surface area contributed by atoms with Crippen molar-refractivity contribution in [2.75, 3.05) is 26.9 Å². The SMILES string of the molecule is COCCCn1cnnc1[C@H](C)NC(=O)C1CCOCC1. The second-order valence-corrected chi connectivity index (χ2v) is 5.35. The maximum absolute atomic E-state index is 12.2. The summed E-state index contributed by atoms with van der Waals surface area (Å²) in [5.41, 5.74) is 0. The molecule has 1 aromatic rings. The first-order chi connectivity index (χ1) is 10.2. The van der Waals surface area contributed by atoms with Crippen LogP contribution in [0.25, 0.3) is 0 Å². The summed E-state index contributed by atoms with van der Waals surface area (Å²) in [4.78, 5) is 12.2. The maximum atomic E-state index is 12.2. The lowest BCUT2D eigenvalue weighted by atomic mass is 9.99. The maximum Gasteiger partial charge on any atom is 0.223 e. The number of amides is 1. The first kappa shape index (κ1) is 15.9. The number of nitrogens with one attached hydrogen (secondary N) is 1. The summed E-state index contributed by atoms with van der Waals surface area (Å²) in [5, 5.41) is 11.1. The number of carbonyl (C=O) groups excluding carboxylic acids is 1. The summed E-state index contributed by atoms with van der Waals surface area (Å²) in [6.07, 6.45) is 4.17. The predicted octanol–water partition coefficient (Wildman–Crippen LogP) is 0.918. The molecule has 0 saturated carbocycles. The molecule has 1 N–H and O–H groups in total. The average Bonchev–Trinajstić information content (AvgIpc) is 2.97. The molecule has 0 aromatic carbocycles. The first-order valence-electron chi connectivity index (χ1n) is 7.47. The van der Waals surface area contributed by atoms with Crippen LogP contribution in [0, 0.1) is 5.92 Å². The van der Waals surface area contributed by atoms with Gasteiger partial charge in [0.15, 0.2) is 5.82 Å². The highest BCUT2D eigenvalue weighted by Crippen LogP contribution is 2.17. The standard InChI is InChI=1S/C14H24N4O3/c1-11(16-14(19)12-4-8-21-9-5-12)13-17-15-10-18(13)6-3-7-20-2/h10-12H,3-9H2,1-2H3,(H,16,19)/t11-/m0/s1. The van der Waals surface area contributed by atoms with Gasteiger partial charge < -0.3 is 19.4 Å². The molecular weight excluding hydrogens is 272 g/mol. The Morgan fingerprint density at radius 3 is 3.05 bits per heavy atom. The molecule has 0 aliphatic carbocycles. The van der Waals surface area contributed by atoms with E-state index in [0.717, 1.165) is 31.6 Å². The summed E-state index contributed by atoms with van der Waals surface area (Å²) in [5.74, 6) is 0.912. The van der Waals surface area contributed by atoms with Crippen LogP contribution in [0.3, 0.4) is 0 Å². The fourth-order valence-electron chi connectivity index (χ4n) is 2.51. The van der Waals surface area contributed by atoms with Gasteiger partial charge in [0.05, 0.1) is 6.04 Å². The fraction of sp³-hybridized carbons (Fsp3) is 0.786. The topological polar surface area (TPSA) is 78.3 Å². The highest BCUT2D eigenvalue weighted by atomic mass is 16.5. The van der Waals surface area contributed by atoms with E-state index < -0.39 is 0 Å². The number of methoxy groups -OCH3 is 1. The average molecular weight is 296 g/mol. The van der Waals surface area contributed by atoms with Crippen molar-refractivity contribution in [3.63, 3.8) is 0 Å². The van der Waals surface area contributed by atoms with Gasteiger partial charge in [0.2, 0.25) is 5.91 Å². The lowest BCUT2D eigenvalue weighted by Gasteiger charge is -2.23. The van der Waals surface area contributed by atoms with Crippen LogP contribution in [0.4, 0.5) is 0 Å². The molecule has 1 saturated heterocycles. The van der Waals surface area contributed by atoms with E-state index in [1.54, 1.807) is 13.4 Å². The molecule has 7 heteroatoms. The van der Waals surface area contributed by atoms with Crippen LogP contribution in [-0.2, 0) is 20.8 Å². The lowest BCUT2D eigenvalue weighted by Crippen LogP contribution is -2.36. The molecule has 1 fully saturated rings. The molecule has 7 nitrogen and oxygen atoms in total. The van der Waals surface area contributed by atoms with Gasteiger partial charge in [-0.15, -0.1) is 10.2 Å². The zero-order chi connectivity index (χ0) is 15.1. The van der Waals surface area contributed by atoms with E-state index in [4.69, 9.17) is 9.47 Å². The van der Waals surface area contributed by atoms with Crippen LogP contribution < -0.4 is 5.32 Å². The minimum absolute atomic E-state index is 0.0473. The molecule has 0 bridgehead atoms. The Morgan fingerprint density at radius 1 is 1.57 bits per heavy atom. The third-order valence-electron chi connectivity index (χ3n) is 3.73. The van der Waals surface area contributed by atoms with Crippen molar-refractivity contribution >= 4 is 5.91 Å². The van der Waals surface area contributed by atoms with Crippen LogP contribution in [0.5, 0.6) is 0 Å². The fourth-order valence-corrected chi connectivity index (χ4v) is 2.51. The first-order valence-corrected chi connectivity index (χ1v) is 7.47. The summed E-state index contributed by atoms with van der Waals surface area (Å²) < 4.78 is 12.3. The second kappa shape index (κ2) is 8.09. The lowest BCUT2D eigenvalue weighted by molar-refractivity contribution is -0.128. The number of hydrogen-bond acceptors (Lipinski definition) is 5. The quantitative estimate of drug-likeness (QED) is 0.757. The van der Waals surface area contributed by atoms with Crippen molar-refractivity contribution in [2.24, 2.45) is 5.92 Å². The highest BCUT2D eigenvalue weighted by Gasteiger charge is 2.24. The third-order valence-corrected chi connectivity index (χ3v) is 3.73. The van der Waals surface area contributed by atoms with E-state index in [1.807, 2.05) is 11.5 Å².